The van der Waals surface area contributed by atoms with Gasteiger partial charge < -0.3 is 19.7 Å². The van der Waals surface area contributed by atoms with E-state index in [2.05, 4.69) is 0 Å². The number of aromatic hydroxyl groups is 3. The quantitative estimate of drug-likeness (QED) is 0.591. The van der Waals surface area contributed by atoms with Crippen LogP contribution < -0.4 is 5.63 Å². The summed E-state index contributed by atoms with van der Waals surface area (Å²) in [4.78, 5) is 11.6. The van der Waals surface area contributed by atoms with Crippen LogP contribution in [0.2, 0.25) is 0 Å². The third-order valence-electron chi connectivity index (χ3n) is 2.97. The summed E-state index contributed by atoms with van der Waals surface area (Å²) < 4.78 is 4.98. The van der Waals surface area contributed by atoms with Gasteiger partial charge in [0.15, 0.2) is 0 Å². The maximum absolute atomic E-state index is 11.6. The van der Waals surface area contributed by atoms with Crippen molar-refractivity contribution in [2.24, 2.45) is 0 Å². The minimum Gasteiger partial charge on any atom is -0.508 e. The van der Waals surface area contributed by atoms with E-state index in [1.54, 1.807) is 12.1 Å². The van der Waals surface area contributed by atoms with Crippen LogP contribution in [0.3, 0.4) is 0 Å². The highest BCUT2D eigenvalue weighted by Crippen LogP contribution is 2.36. The van der Waals surface area contributed by atoms with E-state index < -0.39 is 5.63 Å². The molecular weight excluding hydrogens is 260 g/mol. The topological polar surface area (TPSA) is 90.9 Å². The number of hydrogen-bond donors (Lipinski definition) is 3. The molecule has 0 aliphatic rings. The Balaban J connectivity index is 2.44. The molecule has 0 saturated heterocycles. The fourth-order valence-corrected chi connectivity index (χ4v) is 2.17. The summed E-state index contributed by atoms with van der Waals surface area (Å²) in [5.74, 6) is -0.365. The minimum atomic E-state index is -0.610. The van der Waals surface area contributed by atoms with E-state index in [1.165, 1.54) is 24.3 Å². The van der Waals surface area contributed by atoms with Crippen molar-refractivity contribution in [2.75, 3.05) is 0 Å². The maximum Gasteiger partial charge on any atom is 0.336 e. The Bertz CT molecular complexity index is 864. The van der Waals surface area contributed by atoms with Gasteiger partial charge in [0.25, 0.3) is 0 Å². The van der Waals surface area contributed by atoms with E-state index in [9.17, 15) is 20.1 Å². The molecule has 0 aliphatic carbocycles. The number of phenolic OH excluding ortho intramolecular Hbond substituents is 3. The third-order valence-corrected chi connectivity index (χ3v) is 2.97. The van der Waals surface area contributed by atoms with Crippen LogP contribution in [-0.2, 0) is 0 Å². The highest BCUT2D eigenvalue weighted by molar-refractivity contribution is 5.98. The normalized spacial score (nSPS) is 10.8. The first-order chi connectivity index (χ1) is 9.54. The Hall–Kier alpha value is -2.95. The molecule has 1 heterocycles. The number of hydrogen-bond acceptors (Lipinski definition) is 5. The first-order valence-electron chi connectivity index (χ1n) is 5.84. The molecule has 0 unspecified atom stereocenters. The average molecular weight is 270 g/mol. The highest BCUT2D eigenvalue weighted by atomic mass is 16.4. The molecule has 3 aromatic rings. The van der Waals surface area contributed by atoms with Crippen LogP contribution in [0.1, 0.15) is 0 Å². The molecule has 3 N–H and O–H groups in total. The molecule has 20 heavy (non-hydrogen) atoms. The van der Waals surface area contributed by atoms with Crippen LogP contribution in [0.4, 0.5) is 0 Å². The van der Waals surface area contributed by atoms with E-state index in [-0.39, 0.29) is 22.8 Å². The molecule has 5 heteroatoms. The van der Waals surface area contributed by atoms with Crippen molar-refractivity contribution >= 4 is 11.0 Å². The average Bonchev–Trinajstić information content (AvgIpc) is 2.36. The van der Waals surface area contributed by atoms with Gasteiger partial charge in [0.1, 0.15) is 22.8 Å². The predicted octanol–water partition coefficient (Wildman–Crippen LogP) is 2.58. The molecule has 100 valence electrons. The smallest absolute Gasteiger partial charge is 0.336 e. The SMILES string of the molecule is O=c1cc(-c2cccc(O)c2)c2c(O)cc(O)cc2o1. The van der Waals surface area contributed by atoms with E-state index in [1.807, 2.05) is 0 Å². The van der Waals surface area contributed by atoms with Crippen molar-refractivity contribution in [2.45, 2.75) is 0 Å². The minimum absolute atomic E-state index is 0.0437. The number of fused-ring (bicyclic) bond motifs is 1. The second kappa shape index (κ2) is 4.31. The number of rotatable bonds is 1. The van der Waals surface area contributed by atoms with Gasteiger partial charge in [0.05, 0.1) is 5.39 Å². The largest absolute Gasteiger partial charge is 0.508 e. The van der Waals surface area contributed by atoms with Crippen LogP contribution >= 0.6 is 0 Å². The molecule has 0 aliphatic heterocycles. The van der Waals surface area contributed by atoms with Crippen molar-refractivity contribution < 1.29 is 19.7 Å². The van der Waals surface area contributed by atoms with Crippen molar-refractivity contribution in [3.8, 4) is 28.4 Å². The van der Waals surface area contributed by atoms with Crippen molar-refractivity contribution in [1.29, 1.82) is 0 Å². The Morgan fingerprint density at radius 3 is 2.45 bits per heavy atom. The standard InChI is InChI=1S/C15H10O5/c16-9-3-1-2-8(4-9)11-7-14(19)20-13-6-10(17)5-12(18)15(11)13/h1-7,16-18H. The zero-order chi connectivity index (χ0) is 14.3. The lowest BCUT2D eigenvalue weighted by atomic mass is 10.0. The van der Waals surface area contributed by atoms with Gasteiger partial charge in [0, 0.05) is 23.8 Å². The van der Waals surface area contributed by atoms with Gasteiger partial charge in [-0.1, -0.05) is 12.1 Å². The van der Waals surface area contributed by atoms with Gasteiger partial charge in [-0.05, 0) is 17.7 Å². The fraction of sp³-hybridized carbons (Fsp3) is 0. The van der Waals surface area contributed by atoms with Crippen molar-refractivity contribution in [3.63, 3.8) is 0 Å². The van der Waals surface area contributed by atoms with Crippen molar-refractivity contribution in [1.82, 2.24) is 0 Å². The molecule has 0 fully saturated rings. The maximum atomic E-state index is 11.6. The lowest BCUT2D eigenvalue weighted by molar-refractivity contribution is 0.451. The third kappa shape index (κ3) is 1.95. The summed E-state index contributed by atoms with van der Waals surface area (Å²) >= 11 is 0. The number of benzene rings is 2. The summed E-state index contributed by atoms with van der Waals surface area (Å²) in [5.41, 5.74) is 0.447. The van der Waals surface area contributed by atoms with Crippen LogP contribution in [0.5, 0.6) is 17.2 Å². The Labute approximate surface area is 113 Å². The van der Waals surface area contributed by atoms with Crippen LogP contribution in [-0.4, -0.2) is 15.3 Å². The van der Waals surface area contributed by atoms with E-state index in [4.69, 9.17) is 4.42 Å². The fourth-order valence-electron chi connectivity index (χ4n) is 2.17. The lowest BCUT2D eigenvalue weighted by Gasteiger charge is -2.08. The summed E-state index contributed by atoms with van der Waals surface area (Å²) in [6, 6.07) is 9.94. The summed E-state index contributed by atoms with van der Waals surface area (Å²) in [6.45, 7) is 0. The second-order valence-electron chi connectivity index (χ2n) is 4.37. The number of phenols is 3. The van der Waals surface area contributed by atoms with Gasteiger partial charge in [-0.25, -0.2) is 4.79 Å². The molecule has 2 aromatic carbocycles. The van der Waals surface area contributed by atoms with Gasteiger partial charge in [-0.3, -0.25) is 0 Å². The molecule has 3 rings (SSSR count). The highest BCUT2D eigenvalue weighted by Gasteiger charge is 2.13. The first-order valence-corrected chi connectivity index (χ1v) is 5.84. The molecule has 0 spiro atoms. The zero-order valence-corrected chi connectivity index (χ0v) is 10.2. The summed E-state index contributed by atoms with van der Waals surface area (Å²) in [5, 5.41) is 29.2. The van der Waals surface area contributed by atoms with Crippen LogP contribution in [0.25, 0.3) is 22.1 Å². The molecule has 5 nitrogen and oxygen atoms in total. The molecular formula is C15H10O5. The lowest BCUT2D eigenvalue weighted by Crippen LogP contribution is -1.98. The molecule has 0 amide bonds. The van der Waals surface area contributed by atoms with Crippen LogP contribution in [0, 0.1) is 0 Å². The molecule has 0 atom stereocenters. The van der Waals surface area contributed by atoms with Gasteiger partial charge in [-0.15, -0.1) is 0 Å². The van der Waals surface area contributed by atoms with E-state index in [0.29, 0.717) is 16.5 Å². The molecule has 0 bridgehead atoms. The Morgan fingerprint density at radius 1 is 0.900 bits per heavy atom. The van der Waals surface area contributed by atoms with Crippen molar-refractivity contribution in [3.05, 3.63) is 52.9 Å². The van der Waals surface area contributed by atoms with Gasteiger partial charge >= 0.3 is 5.63 Å². The molecule has 1 aromatic heterocycles. The van der Waals surface area contributed by atoms with E-state index in [0.717, 1.165) is 6.07 Å². The molecule has 0 radical (unpaired) electrons. The monoisotopic (exact) mass is 270 g/mol. The van der Waals surface area contributed by atoms with Crippen LogP contribution in [0.15, 0.2) is 51.7 Å². The molecule has 0 saturated carbocycles. The predicted molar refractivity (Wildman–Crippen MR) is 72.9 cm³/mol. The zero-order valence-electron chi connectivity index (χ0n) is 10.2. The Morgan fingerprint density at radius 2 is 1.70 bits per heavy atom. The summed E-state index contributed by atoms with van der Waals surface area (Å²) in [6.07, 6.45) is 0. The first kappa shape index (κ1) is 12.1. The van der Waals surface area contributed by atoms with Gasteiger partial charge in [0.2, 0.25) is 0 Å². The Kier molecular flexibility index (Phi) is 2.61. The van der Waals surface area contributed by atoms with E-state index >= 15 is 0 Å². The second-order valence-corrected chi connectivity index (χ2v) is 4.37. The summed E-state index contributed by atoms with van der Waals surface area (Å²) in [7, 11) is 0. The van der Waals surface area contributed by atoms with Gasteiger partial charge in [-0.2, -0.15) is 0 Å².